The Labute approximate surface area is 147 Å². The summed E-state index contributed by atoms with van der Waals surface area (Å²) in [5.74, 6) is 0. The fraction of sp³-hybridized carbons (Fsp3) is 0.100. The monoisotopic (exact) mass is 347 g/mol. The molecule has 0 amide bonds. The van der Waals surface area contributed by atoms with Crippen molar-refractivity contribution in [2.24, 2.45) is 0 Å². The number of pyridine rings is 2. The summed E-state index contributed by atoms with van der Waals surface area (Å²) in [4.78, 5) is 9.50. The van der Waals surface area contributed by atoms with Crippen LogP contribution in [0.15, 0.2) is 60.7 Å². The lowest BCUT2D eigenvalue weighted by atomic mass is 10.2. The van der Waals surface area contributed by atoms with Crippen LogP contribution in [0.5, 0.6) is 0 Å². The molecule has 2 aromatic heterocycles. The van der Waals surface area contributed by atoms with E-state index in [2.05, 4.69) is 48.5 Å². The van der Waals surface area contributed by atoms with Gasteiger partial charge in [-0.1, -0.05) is 36.4 Å². The van der Waals surface area contributed by atoms with E-state index in [1.54, 1.807) is 0 Å². The highest BCUT2D eigenvalue weighted by Crippen LogP contribution is 2.28. The number of fused-ring (bicyclic) bond motifs is 2. The summed E-state index contributed by atoms with van der Waals surface area (Å²) in [5.41, 5.74) is 4.06. The molecule has 24 heavy (non-hydrogen) atoms. The molecule has 0 aliphatic carbocycles. The topological polar surface area (TPSA) is 25.8 Å². The molecule has 0 aliphatic rings. The van der Waals surface area contributed by atoms with Crippen LogP contribution in [0.3, 0.4) is 0 Å². The van der Waals surface area contributed by atoms with E-state index in [0.717, 1.165) is 43.8 Å². The summed E-state index contributed by atoms with van der Waals surface area (Å²) in [6.07, 6.45) is 0. The van der Waals surface area contributed by atoms with Gasteiger partial charge in [0.05, 0.1) is 0 Å². The number of aromatic nitrogens is 2. The van der Waals surface area contributed by atoms with Crippen molar-refractivity contribution in [1.82, 2.24) is 9.97 Å². The lowest BCUT2D eigenvalue weighted by Crippen LogP contribution is -2.11. The normalized spacial score (nSPS) is 11.1. The summed E-state index contributed by atoms with van der Waals surface area (Å²) >= 11 is 6.00. The van der Waals surface area contributed by atoms with Crippen molar-refractivity contribution in [3.05, 3.63) is 72.1 Å². The molecular weight excluding hydrogens is 331 g/mol. The standard InChI is InChI=1S/C20H16N2PS/c1-13-9-11-15-5-3-7-17(19(15)21-13)23(24)18-8-4-6-16-12-10-14(2)22-20(16)18/h3-12H,1-2H3/q+1. The smallest absolute Gasteiger partial charge is 0.248 e. The minimum atomic E-state index is -0.937. The molecule has 4 aromatic rings. The molecule has 0 bridgehead atoms. The molecule has 0 unspecified atom stereocenters. The molecule has 0 fully saturated rings. The van der Waals surface area contributed by atoms with Crippen LogP contribution < -0.4 is 10.6 Å². The van der Waals surface area contributed by atoms with Crippen molar-refractivity contribution < 1.29 is 0 Å². The van der Waals surface area contributed by atoms with Crippen LogP contribution in [0.25, 0.3) is 21.8 Å². The second-order valence-electron chi connectivity index (χ2n) is 5.90. The third-order valence-electron chi connectivity index (χ3n) is 4.11. The maximum absolute atomic E-state index is 6.00. The van der Waals surface area contributed by atoms with E-state index in [1.807, 2.05) is 26.0 Å². The number of para-hydroxylation sites is 2. The lowest BCUT2D eigenvalue weighted by molar-refractivity contribution is 1.26. The maximum atomic E-state index is 6.00. The van der Waals surface area contributed by atoms with Crippen LogP contribution in [0.4, 0.5) is 0 Å². The number of hydrogen-bond acceptors (Lipinski definition) is 3. The zero-order valence-corrected chi connectivity index (χ0v) is 15.2. The van der Waals surface area contributed by atoms with Crippen molar-refractivity contribution >= 4 is 50.9 Å². The Morgan fingerprint density at radius 1 is 0.667 bits per heavy atom. The highest BCUT2D eigenvalue weighted by molar-refractivity contribution is 8.12. The average molecular weight is 347 g/mol. The van der Waals surface area contributed by atoms with E-state index in [9.17, 15) is 0 Å². The first-order chi connectivity index (χ1) is 11.6. The van der Waals surface area contributed by atoms with Crippen molar-refractivity contribution in [3.63, 3.8) is 0 Å². The first-order valence-electron chi connectivity index (χ1n) is 7.83. The lowest BCUT2D eigenvalue weighted by Gasteiger charge is -2.03. The second-order valence-corrected chi connectivity index (χ2v) is 8.55. The third-order valence-corrected chi connectivity index (χ3v) is 6.89. The number of hydrogen-bond donors (Lipinski definition) is 0. The van der Waals surface area contributed by atoms with Crippen LogP contribution in [0.2, 0.25) is 0 Å². The molecule has 4 rings (SSSR count). The van der Waals surface area contributed by atoms with Gasteiger partial charge in [0.15, 0.2) is 22.4 Å². The second kappa shape index (κ2) is 6.01. The average Bonchev–Trinajstić information content (AvgIpc) is 2.60. The van der Waals surface area contributed by atoms with E-state index in [4.69, 9.17) is 21.8 Å². The quantitative estimate of drug-likeness (QED) is 0.506. The van der Waals surface area contributed by atoms with E-state index in [1.165, 1.54) is 0 Å². The summed E-state index contributed by atoms with van der Waals surface area (Å²) in [6.45, 7) is 3.10. The number of benzene rings is 2. The molecule has 0 saturated heterocycles. The third kappa shape index (κ3) is 2.60. The van der Waals surface area contributed by atoms with E-state index in [-0.39, 0.29) is 0 Å². The molecule has 2 nitrogen and oxygen atoms in total. The minimum absolute atomic E-state index is 0.937. The van der Waals surface area contributed by atoms with Crippen LogP contribution in [-0.2, 0) is 11.8 Å². The van der Waals surface area contributed by atoms with Crippen molar-refractivity contribution in [1.29, 1.82) is 0 Å². The highest BCUT2D eigenvalue weighted by atomic mass is 32.4. The van der Waals surface area contributed by atoms with Crippen molar-refractivity contribution in [2.45, 2.75) is 13.8 Å². The van der Waals surface area contributed by atoms with E-state index in [0.29, 0.717) is 0 Å². The first-order valence-corrected chi connectivity index (χ1v) is 10.2. The Hall–Kier alpha value is -2.22. The Morgan fingerprint density at radius 2 is 1.12 bits per heavy atom. The fourth-order valence-corrected chi connectivity index (χ4v) is 5.24. The van der Waals surface area contributed by atoms with Crippen LogP contribution in [0, 0.1) is 13.8 Å². The van der Waals surface area contributed by atoms with Gasteiger partial charge in [0.2, 0.25) is 0 Å². The number of aryl methyl sites for hydroxylation is 2. The largest absolute Gasteiger partial charge is 0.255 e. The summed E-state index contributed by atoms with van der Waals surface area (Å²) in [6, 6.07) is 20.9. The summed E-state index contributed by atoms with van der Waals surface area (Å²) in [7, 11) is 0. The van der Waals surface area contributed by atoms with Crippen molar-refractivity contribution in [2.75, 3.05) is 0 Å². The molecule has 0 spiro atoms. The molecule has 2 heterocycles. The first kappa shape index (κ1) is 15.3. The van der Waals surface area contributed by atoms with Gasteiger partial charge in [-0.3, -0.25) is 0 Å². The van der Waals surface area contributed by atoms with Gasteiger partial charge >= 0.3 is 0 Å². The van der Waals surface area contributed by atoms with Crippen LogP contribution in [-0.4, -0.2) is 9.97 Å². The predicted octanol–water partition coefficient (Wildman–Crippen LogP) is 4.29. The summed E-state index contributed by atoms with van der Waals surface area (Å²) in [5, 5.41) is 4.55. The predicted molar refractivity (Wildman–Crippen MR) is 107 cm³/mol. The van der Waals surface area contributed by atoms with Gasteiger partial charge in [0.25, 0.3) is 6.70 Å². The molecule has 0 saturated carbocycles. The molecule has 0 radical (unpaired) electrons. The van der Waals surface area contributed by atoms with Gasteiger partial charge < -0.3 is 0 Å². The molecule has 2 aromatic carbocycles. The van der Waals surface area contributed by atoms with Crippen LogP contribution in [0.1, 0.15) is 11.4 Å². The highest BCUT2D eigenvalue weighted by Gasteiger charge is 2.25. The van der Waals surface area contributed by atoms with E-state index < -0.39 is 6.70 Å². The van der Waals surface area contributed by atoms with Gasteiger partial charge in [-0.05, 0) is 38.1 Å². The van der Waals surface area contributed by atoms with Gasteiger partial charge in [-0.25, -0.2) is 9.97 Å². The molecule has 116 valence electrons. The molecule has 0 aliphatic heterocycles. The fourth-order valence-electron chi connectivity index (χ4n) is 2.92. The Kier molecular flexibility index (Phi) is 3.84. The minimum Gasteiger partial charge on any atom is -0.248 e. The number of rotatable bonds is 2. The van der Waals surface area contributed by atoms with Gasteiger partial charge in [0.1, 0.15) is 11.0 Å². The molecule has 4 heteroatoms. The zero-order valence-electron chi connectivity index (χ0n) is 13.5. The Balaban J connectivity index is 1.97. The SMILES string of the molecule is Cc1ccc2cccc([P+](=S)c3cccc4ccc(C)nc34)c2n1. The zero-order chi connectivity index (χ0) is 16.7. The van der Waals surface area contributed by atoms with Gasteiger partial charge in [0, 0.05) is 22.2 Å². The Morgan fingerprint density at radius 3 is 1.58 bits per heavy atom. The van der Waals surface area contributed by atoms with Gasteiger partial charge in [-0.15, -0.1) is 0 Å². The maximum Gasteiger partial charge on any atom is 0.255 e. The van der Waals surface area contributed by atoms with E-state index >= 15 is 0 Å². The molecule has 0 atom stereocenters. The van der Waals surface area contributed by atoms with Crippen molar-refractivity contribution in [3.8, 4) is 0 Å². The van der Waals surface area contributed by atoms with Gasteiger partial charge in [-0.2, -0.15) is 0 Å². The number of nitrogens with zero attached hydrogens (tertiary/aromatic N) is 2. The molecular formula is C20H16N2PS+. The summed E-state index contributed by atoms with van der Waals surface area (Å²) < 4.78 is 0. The molecule has 0 N–H and O–H groups in total. The van der Waals surface area contributed by atoms with Crippen LogP contribution >= 0.6 is 6.70 Å². The Bertz CT molecular complexity index is 1020.